The molecule has 2 aromatic rings. The summed E-state index contributed by atoms with van der Waals surface area (Å²) in [4.78, 5) is 4.00. The molecule has 5 nitrogen and oxygen atoms in total. The van der Waals surface area contributed by atoms with Gasteiger partial charge in [0.15, 0.2) is 5.82 Å². The Bertz CT molecular complexity index is 494. The van der Waals surface area contributed by atoms with E-state index < -0.39 is 0 Å². The summed E-state index contributed by atoms with van der Waals surface area (Å²) in [5.74, 6) is 2.75. The molecule has 0 spiro atoms. The maximum atomic E-state index is 5.63. The Hall–Kier alpha value is -1.91. The third-order valence-electron chi connectivity index (χ3n) is 2.94. The summed E-state index contributed by atoms with van der Waals surface area (Å²) in [5.41, 5.74) is 0. The molecule has 0 N–H and O–H groups in total. The van der Waals surface area contributed by atoms with Gasteiger partial charge in [0.25, 0.3) is 0 Å². The van der Waals surface area contributed by atoms with Crippen LogP contribution in [0, 0.1) is 0 Å². The highest BCUT2D eigenvalue weighted by Gasteiger charge is 2.15. The molecule has 0 radical (unpaired) electrons. The third-order valence-corrected chi connectivity index (χ3v) is 2.94. The number of pyridine rings is 1. The minimum Gasteiger partial charge on any atom is -0.484 e. The third kappa shape index (κ3) is 2.13. The van der Waals surface area contributed by atoms with Gasteiger partial charge in [-0.2, -0.15) is 0 Å². The maximum absolute atomic E-state index is 5.63. The summed E-state index contributed by atoms with van der Waals surface area (Å²) in [5, 5.41) is 8.37. The van der Waals surface area contributed by atoms with Crippen LogP contribution in [0.2, 0.25) is 0 Å². The van der Waals surface area contributed by atoms with Gasteiger partial charge in [0.1, 0.15) is 18.2 Å². The fraction of sp³-hybridized carbons (Fsp3) is 0.417. The molecule has 0 amide bonds. The molecule has 0 bridgehead atoms. The Morgan fingerprint density at radius 1 is 1.29 bits per heavy atom. The first-order valence-electron chi connectivity index (χ1n) is 5.87. The van der Waals surface area contributed by atoms with E-state index in [2.05, 4.69) is 19.7 Å². The quantitative estimate of drug-likeness (QED) is 0.803. The molecule has 5 heteroatoms. The SMILES string of the molecule is c1cncc(OCc2nnc3n2CCCC3)c1. The number of ether oxygens (including phenoxy) is 1. The highest BCUT2D eigenvalue weighted by atomic mass is 16.5. The number of hydrogen-bond donors (Lipinski definition) is 0. The zero-order valence-electron chi connectivity index (χ0n) is 9.54. The van der Waals surface area contributed by atoms with Gasteiger partial charge >= 0.3 is 0 Å². The van der Waals surface area contributed by atoms with Crippen molar-refractivity contribution in [2.45, 2.75) is 32.4 Å². The summed E-state index contributed by atoms with van der Waals surface area (Å²) < 4.78 is 7.80. The second-order valence-electron chi connectivity index (χ2n) is 4.12. The number of aromatic nitrogens is 4. The predicted octanol–water partition coefficient (Wildman–Crippen LogP) is 1.59. The molecule has 0 aliphatic carbocycles. The highest BCUT2D eigenvalue weighted by Crippen LogP contribution is 2.15. The van der Waals surface area contributed by atoms with Crippen molar-refractivity contribution in [2.24, 2.45) is 0 Å². The van der Waals surface area contributed by atoms with Crippen molar-refractivity contribution in [2.75, 3.05) is 0 Å². The second-order valence-corrected chi connectivity index (χ2v) is 4.12. The second kappa shape index (κ2) is 4.53. The van der Waals surface area contributed by atoms with Crippen molar-refractivity contribution in [3.8, 4) is 5.75 Å². The Balaban J connectivity index is 1.71. The first-order valence-corrected chi connectivity index (χ1v) is 5.87. The van der Waals surface area contributed by atoms with E-state index in [-0.39, 0.29) is 0 Å². The van der Waals surface area contributed by atoms with Crippen molar-refractivity contribution >= 4 is 0 Å². The van der Waals surface area contributed by atoms with Crippen LogP contribution < -0.4 is 4.74 Å². The van der Waals surface area contributed by atoms with Crippen LogP contribution in [-0.4, -0.2) is 19.7 Å². The molecule has 1 aliphatic rings. The summed E-state index contributed by atoms with van der Waals surface area (Å²) >= 11 is 0. The lowest BCUT2D eigenvalue weighted by Gasteiger charge is -2.14. The van der Waals surface area contributed by atoms with Gasteiger partial charge in [-0.1, -0.05) is 0 Å². The Kier molecular flexibility index (Phi) is 2.73. The summed E-state index contributed by atoms with van der Waals surface area (Å²) in [7, 11) is 0. The van der Waals surface area contributed by atoms with E-state index >= 15 is 0 Å². The summed E-state index contributed by atoms with van der Waals surface area (Å²) in [6, 6.07) is 3.75. The zero-order valence-corrected chi connectivity index (χ0v) is 9.54. The normalized spacial score (nSPS) is 14.4. The molecule has 0 atom stereocenters. The molecule has 0 unspecified atom stereocenters. The average molecular weight is 230 g/mol. The molecule has 0 saturated heterocycles. The van der Waals surface area contributed by atoms with Crippen molar-refractivity contribution in [3.63, 3.8) is 0 Å². The minimum atomic E-state index is 0.457. The topological polar surface area (TPSA) is 52.8 Å². The standard InChI is InChI=1S/C12H14N4O/c1-2-7-16-11(5-1)14-15-12(16)9-17-10-4-3-6-13-8-10/h3-4,6,8H,1-2,5,7,9H2. The largest absolute Gasteiger partial charge is 0.484 e. The number of fused-ring (bicyclic) bond motifs is 1. The fourth-order valence-corrected chi connectivity index (χ4v) is 2.06. The van der Waals surface area contributed by atoms with E-state index in [4.69, 9.17) is 4.74 Å². The van der Waals surface area contributed by atoms with Crippen LogP contribution in [0.3, 0.4) is 0 Å². The minimum absolute atomic E-state index is 0.457. The number of nitrogens with zero attached hydrogens (tertiary/aromatic N) is 4. The summed E-state index contributed by atoms with van der Waals surface area (Å²) in [6.45, 7) is 1.47. The average Bonchev–Trinajstić information content (AvgIpc) is 2.81. The van der Waals surface area contributed by atoms with Crippen LogP contribution in [0.25, 0.3) is 0 Å². The van der Waals surface area contributed by atoms with Crippen LogP contribution >= 0.6 is 0 Å². The van der Waals surface area contributed by atoms with E-state index in [1.807, 2.05) is 12.1 Å². The van der Waals surface area contributed by atoms with Gasteiger partial charge in [0.2, 0.25) is 0 Å². The maximum Gasteiger partial charge on any atom is 0.171 e. The van der Waals surface area contributed by atoms with Gasteiger partial charge in [-0.05, 0) is 25.0 Å². The van der Waals surface area contributed by atoms with Crippen molar-refractivity contribution in [3.05, 3.63) is 36.2 Å². The van der Waals surface area contributed by atoms with Crippen LogP contribution in [-0.2, 0) is 19.6 Å². The van der Waals surface area contributed by atoms with Crippen molar-refractivity contribution < 1.29 is 4.74 Å². The highest BCUT2D eigenvalue weighted by molar-refractivity contribution is 5.15. The fourth-order valence-electron chi connectivity index (χ4n) is 2.06. The van der Waals surface area contributed by atoms with Crippen molar-refractivity contribution in [1.29, 1.82) is 0 Å². The molecule has 0 aromatic carbocycles. The van der Waals surface area contributed by atoms with Crippen LogP contribution in [0.4, 0.5) is 0 Å². The molecule has 3 rings (SSSR count). The van der Waals surface area contributed by atoms with Gasteiger partial charge in [-0.25, -0.2) is 0 Å². The zero-order chi connectivity index (χ0) is 11.5. The van der Waals surface area contributed by atoms with E-state index in [0.29, 0.717) is 6.61 Å². The molecule has 3 heterocycles. The van der Waals surface area contributed by atoms with Crippen molar-refractivity contribution in [1.82, 2.24) is 19.7 Å². The Labute approximate surface area is 99.5 Å². The predicted molar refractivity (Wildman–Crippen MR) is 61.5 cm³/mol. The lowest BCUT2D eigenvalue weighted by molar-refractivity contribution is 0.285. The summed E-state index contributed by atoms with van der Waals surface area (Å²) in [6.07, 6.45) is 6.87. The van der Waals surface area contributed by atoms with E-state index in [9.17, 15) is 0 Å². The molecular formula is C12H14N4O. The van der Waals surface area contributed by atoms with Gasteiger partial charge in [-0.15, -0.1) is 10.2 Å². The van der Waals surface area contributed by atoms with E-state index in [1.54, 1.807) is 12.4 Å². The Morgan fingerprint density at radius 3 is 3.18 bits per heavy atom. The lowest BCUT2D eigenvalue weighted by atomic mass is 10.2. The number of rotatable bonds is 3. The van der Waals surface area contributed by atoms with Crippen LogP contribution in [0.5, 0.6) is 5.75 Å². The van der Waals surface area contributed by atoms with Crippen LogP contribution in [0.15, 0.2) is 24.5 Å². The smallest absolute Gasteiger partial charge is 0.171 e. The van der Waals surface area contributed by atoms with Gasteiger partial charge in [0, 0.05) is 19.2 Å². The monoisotopic (exact) mass is 230 g/mol. The molecule has 0 fully saturated rings. The molecule has 1 aliphatic heterocycles. The molecule has 2 aromatic heterocycles. The molecule has 0 saturated carbocycles. The Morgan fingerprint density at radius 2 is 2.29 bits per heavy atom. The first-order chi connectivity index (χ1) is 8.43. The van der Waals surface area contributed by atoms with E-state index in [1.165, 1.54) is 12.8 Å². The van der Waals surface area contributed by atoms with Gasteiger partial charge < -0.3 is 9.30 Å². The molecule has 17 heavy (non-hydrogen) atoms. The van der Waals surface area contributed by atoms with Crippen LogP contribution in [0.1, 0.15) is 24.5 Å². The van der Waals surface area contributed by atoms with Gasteiger partial charge in [-0.3, -0.25) is 4.98 Å². The van der Waals surface area contributed by atoms with Gasteiger partial charge in [0.05, 0.1) is 6.20 Å². The molecular weight excluding hydrogens is 216 g/mol. The lowest BCUT2D eigenvalue weighted by Crippen LogP contribution is -2.14. The number of aryl methyl sites for hydroxylation is 1. The number of hydrogen-bond acceptors (Lipinski definition) is 4. The first kappa shape index (κ1) is 10.3. The van der Waals surface area contributed by atoms with E-state index in [0.717, 1.165) is 30.4 Å². The molecule has 88 valence electrons.